The molecule has 0 aliphatic heterocycles. The Balaban J connectivity index is 0.00000288. The van der Waals surface area contributed by atoms with Crippen LogP contribution in [0.15, 0.2) is 4.99 Å². The van der Waals surface area contributed by atoms with Gasteiger partial charge in [-0.1, -0.05) is 19.3 Å². The third kappa shape index (κ3) is 9.42. The number of rotatable bonds is 10. The maximum absolute atomic E-state index is 5.65. The number of nitrogens with zero attached hydrogens (tertiary/aromatic N) is 2. The number of halogens is 1. The van der Waals surface area contributed by atoms with Crippen LogP contribution in [-0.4, -0.2) is 63.8 Å². The lowest BCUT2D eigenvalue weighted by Crippen LogP contribution is -2.43. The number of nitrogens with one attached hydrogen (secondary N) is 2. The van der Waals surface area contributed by atoms with Gasteiger partial charge in [0.1, 0.15) is 0 Å². The zero-order valence-corrected chi connectivity index (χ0v) is 17.9. The van der Waals surface area contributed by atoms with Gasteiger partial charge in [-0.3, -0.25) is 4.99 Å². The summed E-state index contributed by atoms with van der Waals surface area (Å²) in [6, 6.07) is 0.782. The summed E-state index contributed by atoms with van der Waals surface area (Å²) in [5.41, 5.74) is 0. The largest absolute Gasteiger partial charge is 0.381 e. The van der Waals surface area contributed by atoms with Gasteiger partial charge in [0, 0.05) is 45.9 Å². The molecule has 2 aliphatic rings. The SMILES string of the molecule is CN=C(NCCCOCC1CC1)NCCN(C)C1CCCCC1.I. The van der Waals surface area contributed by atoms with Gasteiger partial charge in [0.25, 0.3) is 0 Å². The highest BCUT2D eigenvalue weighted by Gasteiger charge is 2.20. The van der Waals surface area contributed by atoms with E-state index in [9.17, 15) is 0 Å². The average Bonchev–Trinajstić information content (AvgIpc) is 3.41. The highest BCUT2D eigenvalue weighted by atomic mass is 127. The molecule has 0 aromatic carbocycles. The number of aliphatic imine (C=N–C) groups is 1. The van der Waals surface area contributed by atoms with Crippen LogP contribution in [0.2, 0.25) is 0 Å². The van der Waals surface area contributed by atoms with E-state index >= 15 is 0 Å². The fraction of sp³-hybridized carbons (Fsp3) is 0.944. The van der Waals surface area contributed by atoms with E-state index in [1.165, 1.54) is 44.9 Å². The summed E-state index contributed by atoms with van der Waals surface area (Å²) < 4.78 is 5.65. The van der Waals surface area contributed by atoms with E-state index in [1.54, 1.807) is 0 Å². The van der Waals surface area contributed by atoms with Crippen molar-refractivity contribution in [1.29, 1.82) is 0 Å². The average molecular weight is 452 g/mol. The Labute approximate surface area is 165 Å². The molecule has 0 bridgehead atoms. The van der Waals surface area contributed by atoms with E-state index in [-0.39, 0.29) is 24.0 Å². The van der Waals surface area contributed by atoms with Gasteiger partial charge in [-0.25, -0.2) is 0 Å². The van der Waals surface area contributed by atoms with Crippen LogP contribution in [0.3, 0.4) is 0 Å². The molecule has 6 heteroatoms. The zero-order chi connectivity index (χ0) is 16.3. The third-order valence-corrected chi connectivity index (χ3v) is 4.99. The second kappa shape index (κ2) is 13.2. The minimum Gasteiger partial charge on any atom is -0.381 e. The predicted octanol–water partition coefficient (Wildman–Crippen LogP) is 2.85. The van der Waals surface area contributed by atoms with Crippen LogP contribution in [0.4, 0.5) is 0 Å². The molecule has 142 valence electrons. The normalized spacial score (nSPS) is 19.2. The van der Waals surface area contributed by atoms with Crippen molar-refractivity contribution >= 4 is 29.9 Å². The summed E-state index contributed by atoms with van der Waals surface area (Å²) in [5.74, 6) is 1.77. The summed E-state index contributed by atoms with van der Waals surface area (Å²) >= 11 is 0. The first-order chi connectivity index (χ1) is 11.3. The van der Waals surface area contributed by atoms with E-state index in [0.717, 1.165) is 57.2 Å². The number of hydrogen-bond acceptors (Lipinski definition) is 3. The molecule has 0 heterocycles. The lowest BCUT2D eigenvalue weighted by atomic mass is 9.94. The summed E-state index contributed by atoms with van der Waals surface area (Å²) in [5, 5.41) is 6.78. The molecule has 0 aromatic heterocycles. The van der Waals surface area contributed by atoms with Crippen LogP contribution in [0.25, 0.3) is 0 Å². The van der Waals surface area contributed by atoms with Crippen LogP contribution in [0, 0.1) is 5.92 Å². The number of hydrogen-bond donors (Lipinski definition) is 2. The van der Waals surface area contributed by atoms with Gasteiger partial charge in [-0.05, 0) is 45.1 Å². The van der Waals surface area contributed by atoms with E-state index in [1.807, 2.05) is 7.05 Å². The Hall–Kier alpha value is -0.0800. The van der Waals surface area contributed by atoms with Gasteiger partial charge in [0.05, 0.1) is 0 Å². The van der Waals surface area contributed by atoms with Crippen molar-refractivity contribution in [2.24, 2.45) is 10.9 Å². The Morgan fingerprint density at radius 2 is 1.79 bits per heavy atom. The Bertz CT molecular complexity index is 344. The van der Waals surface area contributed by atoms with Gasteiger partial charge < -0.3 is 20.3 Å². The minimum absolute atomic E-state index is 0. The molecule has 0 saturated heterocycles. The van der Waals surface area contributed by atoms with E-state index in [4.69, 9.17) is 4.74 Å². The molecule has 0 amide bonds. The summed E-state index contributed by atoms with van der Waals surface area (Å²) in [6.45, 7) is 4.76. The molecule has 2 aliphatic carbocycles. The molecule has 2 fully saturated rings. The second-order valence-electron chi connectivity index (χ2n) is 7.07. The van der Waals surface area contributed by atoms with Gasteiger partial charge in [0.2, 0.25) is 0 Å². The number of ether oxygens (including phenoxy) is 1. The van der Waals surface area contributed by atoms with Gasteiger partial charge in [0.15, 0.2) is 5.96 Å². The number of likely N-dealkylation sites (N-methyl/N-ethyl adjacent to an activating group) is 1. The molecule has 2 saturated carbocycles. The zero-order valence-electron chi connectivity index (χ0n) is 15.6. The van der Waals surface area contributed by atoms with Gasteiger partial charge >= 0.3 is 0 Å². The smallest absolute Gasteiger partial charge is 0.191 e. The molecule has 0 unspecified atom stereocenters. The predicted molar refractivity (Wildman–Crippen MR) is 112 cm³/mol. The van der Waals surface area contributed by atoms with E-state index in [0.29, 0.717) is 0 Å². The van der Waals surface area contributed by atoms with Crippen molar-refractivity contribution in [3.8, 4) is 0 Å². The molecular weight excluding hydrogens is 415 g/mol. The fourth-order valence-electron chi connectivity index (χ4n) is 3.19. The van der Waals surface area contributed by atoms with Crippen LogP contribution in [0.1, 0.15) is 51.4 Å². The first kappa shape index (κ1) is 22.0. The van der Waals surface area contributed by atoms with Crippen LogP contribution in [-0.2, 0) is 4.74 Å². The summed E-state index contributed by atoms with van der Waals surface area (Å²) in [7, 11) is 4.09. The highest BCUT2D eigenvalue weighted by molar-refractivity contribution is 14.0. The number of guanidine groups is 1. The van der Waals surface area contributed by atoms with E-state index in [2.05, 4.69) is 27.6 Å². The van der Waals surface area contributed by atoms with Crippen LogP contribution in [0.5, 0.6) is 0 Å². The molecule has 2 N–H and O–H groups in total. The van der Waals surface area contributed by atoms with Crippen molar-refractivity contribution < 1.29 is 4.74 Å². The van der Waals surface area contributed by atoms with Crippen LogP contribution < -0.4 is 10.6 Å². The maximum Gasteiger partial charge on any atom is 0.191 e. The third-order valence-electron chi connectivity index (χ3n) is 4.99. The van der Waals surface area contributed by atoms with Crippen molar-refractivity contribution in [2.75, 3.05) is 46.9 Å². The summed E-state index contributed by atoms with van der Waals surface area (Å²) in [6.07, 6.45) is 10.7. The summed E-state index contributed by atoms with van der Waals surface area (Å²) in [4.78, 5) is 6.79. The van der Waals surface area contributed by atoms with Gasteiger partial charge in [-0.15, -0.1) is 24.0 Å². The first-order valence-electron chi connectivity index (χ1n) is 9.52. The van der Waals surface area contributed by atoms with Crippen molar-refractivity contribution in [3.63, 3.8) is 0 Å². The van der Waals surface area contributed by atoms with Gasteiger partial charge in [-0.2, -0.15) is 0 Å². The van der Waals surface area contributed by atoms with Crippen molar-refractivity contribution in [3.05, 3.63) is 0 Å². The lowest BCUT2D eigenvalue weighted by Gasteiger charge is -2.31. The molecule has 2 rings (SSSR count). The van der Waals surface area contributed by atoms with Crippen molar-refractivity contribution in [2.45, 2.75) is 57.4 Å². The standard InChI is InChI=1S/C18H36N4O.HI/c1-19-18(20-11-6-14-23-15-16-9-10-16)21-12-13-22(2)17-7-4-3-5-8-17;/h16-17H,3-15H2,1-2H3,(H2,19,20,21);1H. The molecule has 0 radical (unpaired) electrons. The Morgan fingerprint density at radius 1 is 1.08 bits per heavy atom. The second-order valence-corrected chi connectivity index (χ2v) is 7.07. The monoisotopic (exact) mass is 452 g/mol. The van der Waals surface area contributed by atoms with E-state index < -0.39 is 0 Å². The molecule has 24 heavy (non-hydrogen) atoms. The molecular formula is C18H37IN4O. The molecule has 0 atom stereocenters. The molecule has 5 nitrogen and oxygen atoms in total. The Morgan fingerprint density at radius 3 is 2.46 bits per heavy atom. The fourth-order valence-corrected chi connectivity index (χ4v) is 3.19. The lowest BCUT2D eigenvalue weighted by molar-refractivity contribution is 0.123. The highest BCUT2D eigenvalue weighted by Crippen LogP contribution is 2.28. The van der Waals surface area contributed by atoms with Crippen LogP contribution >= 0.6 is 24.0 Å². The Kier molecular flexibility index (Phi) is 12.0. The quantitative estimate of drug-likeness (QED) is 0.232. The van der Waals surface area contributed by atoms with Crippen molar-refractivity contribution in [1.82, 2.24) is 15.5 Å². The molecule has 0 spiro atoms. The first-order valence-corrected chi connectivity index (χ1v) is 9.52. The minimum atomic E-state index is 0. The molecule has 0 aromatic rings. The maximum atomic E-state index is 5.65. The topological polar surface area (TPSA) is 48.9 Å².